The number of hydrogen-bond donors (Lipinski definition) is 1. The van der Waals surface area contributed by atoms with E-state index in [1.54, 1.807) is 6.07 Å². The lowest BCUT2D eigenvalue weighted by atomic mass is 9.93. The minimum absolute atomic E-state index is 0.198. The average molecular weight is 299 g/mol. The van der Waals surface area contributed by atoms with Crippen molar-refractivity contribution < 1.29 is 9.32 Å². The van der Waals surface area contributed by atoms with E-state index >= 15 is 0 Å². The lowest BCUT2D eigenvalue weighted by molar-refractivity contribution is -0.131. The van der Waals surface area contributed by atoms with Gasteiger partial charge in [0, 0.05) is 25.1 Å². The predicted octanol–water partition coefficient (Wildman–Crippen LogP) is 2.51. The third-order valence-electron chi connectivity index (χ3n) is 4.25. The van der Waals surface area contributed by atoms with E-state index in [1.807, 2.05) is 30.0 Å². The summed E-state index contributed by atoms with van der Waals surface area (Å²) in [7, 11) is 0. The number of piperidine rings is 1. The number of likely N-dealkylation sites (tertiary alicyclic amines) is 1. The maximum absolute atomic E-state index is 12.4. The highest BCUT2D eigenvalue weighted by Crippen LogP contribution is 2.28. The van der Waals surface area contributed by atoms with Gasteiger partial charge in [-0.2, -0.15) is 0 Å². The Morgan fingerprint density at radius 1 is 1.36 bits per heavy atom. The van der Waals surface area contributed by atoms with E-state index in [2.05, 4.69) is 11.2 Å². The van der Waals surface area contributed by atoms with E-state index in [4.69, 9.17) is 10.3 Å². The van der Waals surface area contributed by atoms with Gasteiger partial charge in [-0.05, 0) is 25.3 Å². The zero-order valence-corrected chi connectivity index (χ0v) is 12.8. The van der Waals surface area contributed by atoms with Crippen molar-refractivity contribution in [1.29, 1.82) is 0 Å². The van der Waals surface area contributed by atoms with Crippen LogP contribution in [0.3, 0.4) is 0 Å². The summed E-state index contributed by atoms with van der Waals surface area (Å²) in [6.45, 7) is 3.58. The van der Waals surface area contributed by atoms with Crippen LogP contribution >= 0.6 is 0 Å². The van der Waals surface area contributed by atoms with E-state index in [-0.39, 0.29) is 5.91 Å². The summed E-state index contributed by atoms with van der Waals surface area (Å²) in [5, 5.41) is 3.98. The van der Waals surface area contributed by atoms with Gasteiger partial charge >= 0.3 is 0 Å². The Labute approximate surface area is 130 Å². The molecule has 0 radical (unpaired) electrons. The Balaban J connectivity index is 1.55. The normalized spacial score (nSPS) is 16.0. The highest BCUT2D eigenvalue weighted by Gasteiger charge is 2.25. The summed E-state index contributed by atoms with van der Waals surface area (Å²) in [6, 6.07) is 9.91. The Bertz CT molecular complexity index is 657. The summed E-state index contributed by atoms with van der Waals surface area (Å²) >= 11 is 0. The molecule has 3 rings (SSSR count). The van der Waals surface area contributed by atoms with Gasteiger partial charge in [-0.1, -0.05) is 35.0 Å². The number of hydrogen-bond acceptors (Lipinski definition) is 4. The first-order valence-electron chi connectivity index (χ1n) is 7.67. The highest BCUT2D eigenvalue weighted by atomic mass is 16.5. The first-order valence-corrected chi connectivity index (χ1v) is 7.67. The number of nitrogens with two attached hydrogens (primary N) is 1. The van der Waals surface area contributed by atoms with E-state index < -0.39 is 0 Å². The molecule has 2 aromatic rings. The molecule has 0 saturated carbocycles. The number of amides is 1. The second kappa shape index (κ2) is 6.22. The molecule has 2 N–H and O–H groups in total. The van der Waals surface area contributed by atoms with Crippen LogP contribution in [-0.4, -0.2) is 29.1 Å². The second-order valence-corrected chi connectivity index (χ2v) is 5.98. The Morgan fingerprint density at radius 3 is 2.77 bits per heavy atom. The molecule has 5 nitrogen and oxygen atoms in total. The van der Waals surface area contributed by atoms with Crippen molar-refractivity contribution in [2.75, 3.05) is 18.8 Å². The van der Waals surface area contributed by atoms with Crippen molar-refractivity contribution in [3.05, 3.63) is 47.2 Å². The fourth-order valence-corrected chi connectivity index (χ4v) is 3.03. The van der Waals surface area contributed by atoms with Crippen LogP contribution in [0.2, 0.25) is 0 Å². The molecule has 1 fully saturated rings. The minimum Gasteiger partial charge on any atom is -0.368 e. The number of anilines is 1. The molecular formula is C17H21N3O2. The van der Waals surface area contributed by atoms with Crippen molar-refractivity contribution in [3.63, 3.8) is 0 Å². The predicted molar refractivity (Wildman–Crippen MR) is 84.4 cm³/mol. The maximum Gasteiger partial charge on any atom is 0.226 e. The number of nitrogens with zero attached hydrogens (tertiary/aromatic N) is 2. The summed E-state index contributed by atoms with van der Waals surface area (Å²) in [4.78, 5) is 14.3. The van der Waals surface area contributed by atoms with Crippen LogP contribution in [0.1, 0.15) is 35.6 Å². The highest BCUT2D eigenvalue weighted by molar-refractivity contribution is 5.78. The number of carbonyl (C=O) groups is 1. The maximum atomic E-state index is 12.4. The van der Waals surface area contributed by atoms with Crippen molar-refractivity contribution >= 4 is 11.8 Å². The average Bonchev–Trinajstić information content (AvgIpc) is 2.94. The van der Waals surface area contributed by atoms with Gasteiger partial charge in [0.05, 0.1) is 12.1 Å². The van der Waals surface area contributed by atoms with Gasteiger partial charge in [-0.3, -0.25) is 4.79 Å². The van der Waals surface area contributed by atoms with Gasteiger partial charge in [0.15, 0.2) is 0 Å². The van der Waals surface area contributed by atoms with E-state index in [1.165, 1.54) is 5.56 Å². The molecule has 2 heterocycles. The number of rotatable bonds is 3. The van der Waals surface area contributed by atoms with E-state index in [9.17, 15) is 4.79 Å². The van der Waals surface area contributed by atoms with Gasteiger partial charge in [-0.25, -0.2) is 0 Å². The van der Waals surface area contributed by atoms with Crippen LogP contribution in [0, 0.1) is 6.92 Å². The molecule has 5 heteroatoms. The standard InChI is InChI=1S/C17H21N3O2/c1-12-3-2-4-13(9-12)10-17(21)20-7-5-14(6-8-20)15-11-16(18)22-19-15/h2-4,9,11,14H,5-8,10,18H2,1H3. The van der Waals surface area contributed by atoms with Crippen LogP contribution in [0.25, 0.3) is 0 Å². The molecular weight excluding hydrogens is 278 g/mol. The SMILES string of the molecule is Cc1cccc(CC(=O)N2CCC(c3cc(N)on3)CC2)c1. The fraction of sp³-hybridized carbons (Fsp3) is 0.412. The topological polar surface area (TPSA) is 72.4 Å². The molecule has 0 unspecified atom stereocenters. The van der Waals surface area contributed by atoms with Crippen molar-refractivity contribution in [2.24, 2.45) is 0 Å². The van der Waals surface area contributed by atoms with Crippen LogP contribution in [0.4, 0.5) is 5.88 Å². The van der Waals surface area contributed by atoms with Gasteiger partial charge in [0.2, 0.25) is 11.8 Å². The number of aryl methyl sites for hydroxylation is 1. The lowest BCUT2D eigenvalue weighted by Gasteiger charge is -2.31. The number of nitrogen functional groups attached to an aromatic ring is 1. The first-order chi connectivity index (χ1) is 10.6. The molecule has 0 spiro atoms. The Kier molecular flexibility index (Phi) is 4.13. The molecule has 1 aliphatic rings. The van der Waals surface area contributed by atoms with E-state index in [0.29, 0.717) is 18.2 Å². The van der Waals surface area contributed by atoms with E-state index in [0.717, 1.165) is 37.2 Å². The number of carbonyl (C=O) groups excluding carboxylic acids is 1. The summed E-state index contributed by atoms with van der Waals surface area (Å²) in [5.41, 5.74) is 8.74. The van der Waals surface area contributed by atoms with Crippen molar-refractivity contribution in [3.8, 4) is 0 Å². The lowest BCUT2D eigenvalue weighted by Crippen LogP contribution is -2.38. The number of aromatic nitrogens is 1. The van der Waals surface area contributed by atoms with Crippen molar-refractivity contribution in [1.82, 2.24) is 10.1 Å². The monoisotopic (exact) mass is 299 g/mol. The van der Waals surface area contributed by atoms with Gasteiger partial charge in [0.25, 0.3) is 0 Å². The molecule has 0 bridgehead atoms. The quantitative estimate of drug-likeness (QED) is 0.945. The smallest absolute Gasteiger partial charge is 0.226 e. The summed E-state index contributed by atoms with van der Waals surface area (Å²) in [5.74, 6) is 0.890. The zero-order chi connectivity index (χ0) is 15.5. The molecule has 1 aromatic carbocycles. The van der Waals surface area contributed by atoms with Crippen LogP contribution in [0.5, 0.6) is 0 Å². The summed E-state index contributed by atoms with van der Waals surface area (Å²) in [6.07, 6.45) is 2.29. The first kappa shape index (κ1) is 14.6. The molecule has 0 atom stereocenters. The number of benzene rings is 1. The molecule has 22 heavy (non-hydrogen) atoms. The third-order valence-corrected chi connectivity index (χ3v) is 4.25. The second-order valence-electron chi connectivity index (χ2n) is 5.98. The van der Waals surface area contributed by atoms with Gasteiger partial charge < -0.3 is 15.2 Å². The van der Waals surface area contributed by atoms with Crippen LogP contribution in [0.15, 0.2) is 34.9 Å². The molecule has 1 amide bonds. The fourth-order valence-electron chi connectivity index (χ4n) is 3.03. The van der Waals surface area contributed by atoms with Crippen LogP contribution in [-0.2, 0) is 11.2 Å². The zero-order valence-electron chi connectivity index (χ0n) is 12.8. The minimum atomic E-state index is 0.198. The largest absolute Gasteiger partial charge is 0.368 e. The molecule has 1 saturated heterocycles. The molecule has 0 aliphatic carbocycles. The van der Waals surface area contributed by atoms with Crippen molar-refractivity contribution in [2.45, 2.75) is 32.1 Å². The van der Waals surface area contributed by atoms with Gasteiger partial charge in [0.1, 0.15) is 0 Å². The Hall–Kier alpha value is -2.30. The molecule has 1 aromatic heterocycles. The van der Waals surface area contributed by atoms with Gasteiger partial charge in [-0.15, -0.1) is 0 Å². The molecule has 116 valence electrons. The van der Waals surface area contributed by atoms with Crippen LogP contribution < -0.4 is 5.73 Å². The summed E-state index contributed by atoms with van der Waals surface area (Å²) < 4.78 is 4.93. The Morgan fingerprint density at radius 2 is 2.14 bits per heavy atom. The third kappa shape index (κ3) is 3.30. The molecule has 1 aliphatic heterocycles.